The van der Waals surface area contributed by atoms with E-state index in [1.807, 2.05) is 0 Å². The monoisotopic (exact) mass is 279 g/mol. The molecular formula is C13H11F2N3O2. The van der Waals surface area contributed by atoms with E-state index in [1.165, 1.54) is 6.07 Å². The lowest BCUT2D eigenvalue weighted by molar-refractivity contribution is 0.102. The molecule has 2 aromatic rings. The molecule has 1 aromatic carbocycles. The van der Waals surface area contributed by atoms with Crippen LogP contribution >= 0.6 is 0 Å². The lowest BCUT2D eigenvalue weighted by Gasteiger charge is -2.13. The van der Waals surface area contributed by atoms with Crippen molar-refractivity contribution >= 4 is 11.6 Å². The molecule has 20 heavy (non-hydrogen) atoms. The van der Waals surface area contributed by atoms with E-state index in [-0.39, 0.29) is 11.4 Å². The fourth-order valence-corrected chi connectivity index (χ4v) is 1.96. The lowest BCUT2D eigenvalue weighted by Crippen LogP contribution is -2.16. The number of hydrogen-bond acceptors (Lipinski definition) is 3. The summed E-state index contributed by atoms with van der Waals surface area (Å²) in [6.45, 7) is 1.26. The van der Waals surface area contributed by atoms with E-state index in [1.54, 1.807) is 4.68 Å². The molecule has 0 radical (unpaired) electrons. The average Bonchev–Trinajstić information content (AvgIpc) is 2.86. The van der Waals surface area contributed by atoms with Gasteiger partial charge in [-0.05, 0) is 12.1 Å². The number of nitrogens with one attached hydrogen (secondary N) is 1. The van der Waals surface area contributed by atoms with Crippen LogP contribution in [0.1, 0.15) is 16.9 Å². The van der Waals surface area contributed by atoms with Crippen LogP contribution in [-0.4, -0.2) is 22.3 Å². The Labute approximate surface area is 113 Å². The number of hydrogen-bond donors (Lipinski definition) is 1. The molecule has 0 aliphatic carbocycles. The highest BCUT2D eigenvalue weighted by molar-refractivity contribution is 6.03. The summed E-state index contributed by atoms with van der Waals surface area (Å²) in [6, 6.07) is 4.43. The molecule has 0 bridgehead atoms. The molecule has 0 fully saturated rings. The standard InChI is InChI=1S/C13H11F2N3O2/c14-8-2-3-10(9(15)6-8)16-13(19)11-7-12-18(17-11)4-1-5-20-12/h2-3,6-7H,1,4-5H2,(H,16,19). The quantitative estimate of drug-likeness (QED) is 0.916. The second-order valence-electron chi connectivity index (χ2n) is 4.37. The minimum Gasteiger partial charge on any atom is -0.478 e. The number of amides is 1. The van der Waals surface area contributed by atoms with Gasteiger partial charge in [-0.1, -0.05) is 0 Å². The van der Waals surface area contributed by atoms with Crippen molar-refractivity contribution in [3.8, 4) is 5.88 Å². The minimum absolute atomic E-state index is 0.0942. The van der Waals surface area contributed by atoms with Gasteiger partial charge in [0.15, 0.2) is 5.69 Å². The predicted octanol–water partition coefficient (Wildman–Crippen LogP) is 2.20. The maximum absolute atomic E-state index is 13.4. The number of anilines is 1. The molecule has 0 atom stereocenters. The van der Waals surface area contributed by atoms with E-state index in [0.29, 0.717) is 25.1 Å². The van der Waals surface area contributed by atoms with Gasteiger partial charge < -0.3 is 10.1 Å². The van der Waals surface area contributed by atoms with Gasteiger partial charge in [-0.2, -0.15) is 5.10 Å². The van der Waals surface area contributed by atoms with Crippen LogP contribution in [0.2, 0.25) is 0 Å². The fraction of sp³-hybridized carbons (Fsp3) is 0.231. The molecule has 0 saturated carbocycles. The topological polar surface area (TPSA) is 56.2 Å². The normalized spacial score (nSPS) is 13.5. The van der Waals surface area contributed by atoms with Crippen molar-refractivity contribution in [1.82, 2.24) is 9.78 Å². The maximum Gasteiger partial charge on any atom is 0.276 e. The first-order valence-corrected chi connectivity index (χ1v) is 6.10. The van der Waals surface area contributed by atoms with Gasteiger partial charge in [0.2, 0.25) is 5.88 Å². The SMILES string of the molecule is O=C(Nc1ccc(F)cc1F)c1cc2n(n1)CCCO2. The summed E-state index contributed by atoms with van der Waals surface area (Å²) in [5.74, 6) is -1.59. The lowest BCUT2D eigenvalue weighted by atomic mass is 10.3. The van der Waals surface area contributed by atoms with Crippen LogP contribution in [0.3, 0.4) is 0 Å². The highest BCUT2D eigenvalue weighted by Crippen LogP contribution is 2.20. The third kappa shape index (κ3) is 2.34. The average molecular weight is 279 g/mol. The molecular weight excluding hydrogens is 268 g/mol. The number of carbonyl (C=O) groups is 1. The number of ether oxygens (including phenoxy) is 1. The van der Waals surface area contributed by atoms with Crippen LogP contribution < -0.4 is 10.1 Å². The molecule has 0 saturated heterocycles. The first-order chi connectivity index (χ1) is 9.63. The number of aryl methyl sites for hydroxylation is 1. The zero-order valence-corrected chi connectivity index (χ0v) is 10.4. The Morgan fingerprint density at radius 2 is 2.20 bits per heavy atom. The van der Waals surface area contributed by atoms with Crippen LogP contribution in [0.4, 0.5) is 14.5 Å². The van der Waals surface area contributed by atoms with Gasteiger partial charge in [0.25, 0.3) is 5.91 Å². The number of rotatable bonds is 2. The van der Waals surface area contributed by atoms with Crippen LogP contribution in [0.25, 0.3) is 0 Å². The molecule has 1 amide bonds. The Balaban J connectivity index is 1.80. The van der Waals surface area contributed by atoms with Crippen LogP contribution in [0.5, 0.6) is 5.88 Å². The number of carbonyl (C=O) groups excluding carboxylic acids is 1. The second kappa shape index (κ2) is 4.92. The highest BCUT2D eigenvalue weighted by atomic mass is 19.1. The summed E-state index contributed by atoms with van der Waals surface area (Å²) >= 11 is 0. The Hall–Kier alpha value is -2.44. The zero-order valence-electron chi connectivity index (χ0n) is 10.4. The first-order valence-electron chi connectivity index (χ1n) is 6.10. The number of fused-ring (bicyclic) bond motifs is 1. The summed E-state index contributed by atoms with van der Waals surface area (Å²) in [5.41, 5.74) is 0.0360. The molecule has 104 valence electrons. The molecule has 1 aliphatic heterocycles. The molecule has 5 nitrogen and oxygen atoms in total. The molecule has 1 N–H and O–H groups in total. The summed E-state index contributed by atoms with van der Waals surface area (Å²) < 4.78 is 33.1. The second-order valence-corrected chi connectivity index (χ2v) is 4.37. The van der Waals surface area contributed by atoms with Crippen molar-refractivity contribution in [2.45, 2.75) is 13.0 Å². The van der Waals surface area contributed by atoms with Crippen molar-refractivity contribution < 1.29 is 18.3 Å². The number of halogens is 2. The number of benzene rings is 1. The van der Waals surface area contributed by atoms with Gasteiger partial charge in [0, 0.05) is 25.1 Å². The fourth-order valence-electron chi connectivity index (χ4n) is 1.96. The van der Waals surface area contributed by atoms with Crippen molar-refractivity contribution in [3.63, 3.8) is 0 Å². The van der Waals surface area contributed by atoms with Crippen LogP contribution in [0, 0.1) is 11.6 Å². The van der Waals surface area contributed by atoms with E-state index >= 15 is 0 Å². The molecule has 1 aliphatic rings. The molecule has 0 spiro atoms. The summed E-state index contributed by atoms with van der Waals surface area (Å²) in [4.78, 5) is 12.0. The van der Waals surface area contributed by atoms with Crippen LogP contribution in [-0.2, 0) is 6.54 Å². The van der Waals surface area contributed by atoms with E-state index in [4.69, 9.17) is 4.74 Å². The Morgan fingerprint density at radius 1 is 1.35 bits per heavy atom. The Bertz CT molecular complexity index is 646. The predicted molar refractivity (Wildman–Crippen MR) is 66.7 cm³/mol. The minimum atomic E-state index is -0.835. The van der Waals surface area contributed by atoms with Gasteiger partial charge in [0.1, 0.15) is 11.6 Å². The maximum atomic E-state index is 13.4. The summed E-state index contributed by atoms with van der Waals surface area (Å²) in [7, 11) is 0. The summed E-state index contributed by atoms with van der Waals surface area (Å²) in [6.07, 6.45) is 0.822. The van der Waals surface area contributed by atoms with E-state index in [9.17, 15) is 13.6 Å². The van der Waals surface area contributed by atoms with E-state index in [0.717, 1.165) is 18.6 Å². The van der Waals surface area contributed by atoms with Crippen molar-refractivity contribution in [2.24, 2.45) is 0 Å². The summed E-state index contributed by atoms with van der Waals surface area (Å²) in [5, 5.41) is 6.43. The molecule has 0 unspecified atom stereocenters. The molecule has 3 rings (SSSR count). The first kappa shape index (κ1) is 12.6. The number of nitrogens with zero attached hydrogens (tertiary/aromatic N) is 2. The Morgan fingerprint density at radius 3 is 2.95 bits per heavy atom. The van der Waals surface area contributed by atoms with Crippen molar-refractivity contribution in [1.29, 1.82) is 0 Å². The smallest absolute Gasteiger partial charge is 0.276 e. The highest BCUT2D eigenvalue weighted by Gasteiger charge is 2.18. The largest absolute Gasteiger partial charge is 0.478 e. The third-order valence-corrected chi connectivity index (χ3v) is 2.92. The zero-order chi connectivity index (χ0) is 14.1. The van der Waals surface area contributed by atoms with Gasteiger partial charge in [0.05, 0.1) is 12.3 Å². The molecule has 1 aromatic heterocycles. The van der Waals surface area contributed by atoms with Crippen LogP contribution in [0.15, 0.2) is 24.3 Å². The van der Waals surface area contributed by atoms with Crippen molar-refractivity contribution in [2.75, 3.05) is 11.9 Å². The molecule has 7 heteroatoms. The molecule has 2 heterocycles. The number of aromatic nitrogens is 2. The van der Waals surface area contributed by atoms with E-state index in [2.05, 4.69) is 10.4 Å². The third-order valence-electron chi connectivity index (χ3n) is 2.92. The van der Waals surface area contributed by atoms with Gasteiger partial charge in [-0.15, -0.1) is 0 Å². The van der Waals surface area contributed by atoms with Gasteiger partial charge >= 0.3 is 0 Å². The van der Waals surface area contributed by atoms with E-state index < -0.39 is 17.5 Å². The van der Waals surface area contributed by atoms with Gasteiger partial charge in [-0.25, -0.2) is 13.5 Å². The van der Waals surface area contributed by atoms with Crippen molar-refractivity contribution in [3.05, 3.63) is 41.6 Å². The van der Waals surface area contributed by atoms with Gasteiger partial charge in [-0.3, -0.25) is 4.79 Å². The Kier molecular flexibility index (Phi) is 3.09.